The molecule has 2 N–H and O–H groups in total. The van der Waals surface area contributed by atoms with Gasteiger partial charge in [-0.05, 0) is 30.5 Å². The molecule has 5 nitrogen and oxygen atoms in total. The third-order valence-electron chi connectivity index (χ3n) is 4.27. The Balaban J connectivity index is 1.56. The van der Waals surface area contributed by atoms with Gasteiger partial charge in [0.15, 0.2) is 6.54 Å². The van der Waals surface area contributed by atoms with Gasteiger partial charge in [0.05, 0.1) is 12.8 Å². The molecule has 0 spiro atoms. The highest BCUT2D eigenvalue weighted by Crippen LogP contribution is 2.11. The Morgan fingerprint density at radius 3 is 2.75 bits per heavy atom. The molecule has 0 radical (unpaired) electrons. The summed E-state index contributed by atoms with van der Waals surface area (Å²) < 4.78 is 11.0. The number of benzene rings is 1. The molecular weight excluding hydrogens is 304 g/mol. The van der Waals surface area contributed by atoms with Gasteiger partial charge in [-0.2, -0.15) is 0 Å². The lowest BCUT2D eigenvalue weighted by atomic mass is 10.2. The Hall–Kier alpha value is -2.11. The fraction of sp³-hybridized carbons (Fsp3) is 0.421. The van der Waals surface area contributed by atoms with Crippen LogP contribution < -0.4 is 5.32 Å². The second-order valence-electron chi connectivity index (χ2n) is 6.18. The van der Waals surface area contributed by atoms with Gasteiger partial charge in [-0.1, -0.05) is 30.3 Å². The number of quaternary nitrogens is 1. The molecule has 1 atom stereocenters. The van der Waals surface area contributed by atoms with E-state index in [2.05, 4.69) is 5.32 Å². The summed E-state index contributed by atoms with van der Waals surface area (Å²) in [6, 6.07) is 13.8. The van der Waals surface area contributed by atoms with Crippen LogP contribution in [0.15, 0.2) is 53.1 Å². The van der Waals surface area contributed by atoms with Crippen molar-refractivity contribution in [3.8, 4) is 0 Å². The lowest BCUT2D eigenvalue weighted by Crippen LogP contribution is -2.88. The topological polar surface area (TPSA) is 59.3 Å². The maximum Gasteiger partial charge on any atom is 0.278 e. The summed E-state index contributed by atoms with van der Waals surface area (Å²) in [6.45, 7) is 3.23. The highest BCUT2D eigenvalue weighted by Gasteiger charge is 2.20. The number of nitrogens with zero attached hydrogens (tertiary/aromatic N) is 1. The van der Waals surface area contributed by atoms with E-state index in [0.29, 0.717) is 25.7 Å². The number of amides is 1. The number of ether oxygens (including phenoxy) is 1. The Kier molecular flexibility index (Phi) is 6.04. The van der Waals surface area contributed by atoms with Crippen LogP contribution in [-0.4, -0.2) is 36.6 Å². The molecule has 24 heavy (non-hydrogen) atoms. The number of carbonyl (C=O) groups excluding carboxylic acids is 1. The molecule has 128 valence electrons. The van der Waals surface area contributed by atoms with Gasteiger partial charge in [-0.25, -0.2) is 0 Å². The fourth-order valence-electron chi connectivity index (χ4n) is 2.98. The van der Waals surface area contributed by atoms with Crippen molar-refractivity contribution in [3.05, 3.63) is 60.1 Å². The molecule has 0 saturated carbocycles. The fourth-order valence-corrected chi connectivity index (χ4v) is 2.98. The summed E-state index contributed by atoms with van der Waals surface area (Å²) in [7, 11) is 0. The van der Waals surface area contributed by atoms with Crippen LogP contribution in [0.4, 0.5) is 0 Å². The number of carbonyl (C=O) groups is 1. The highest BCUT2D eigenvalue weighted by molar-refractivity contribution is 5.76. The van der Waals surface area contributed by atoms with Crippen molar-refractivity contribution in [2.24, 2.45) is 0 Å². The van der Waals surface area contributed by atoms with Crippen LogP contribution in [0.5, 0.6) is 0 Å². The molecule has 1 fully saturated rings. The zero-order chi connectivity index (χ0) is 16.6. The van der Waals surface area contributed by atoms with Crippen LogP contribution in [0.2, 0.25) is 0 Å². The van der Waals surface area contributed by atoms with E-state index in [4.69, 9.17) is 9.15 Å². The number of hydrogen-bond donors (Lipinski definition) is 1. The first-order chi connectivity index (χ1) is 11.8. The summed E-state index contributed by atoms with van der Waals surface area (Å²) in [5, 5.41) is 2.05. The summed E-state index contributed by atoms with van der Waals surface area (Å²) in [6.07, 6.45) is 4.17. The number of furan rings is 1. The van der Waals surface area contributed by atoms with E-state index in [9.17, 15) is 4.79 Å². The molecule has 1 aromatic heterocycles. The van der Waals surface area contributed by atoms with Gasteiger partial charge in [0.1, 0.15) is 18.4 Å². The average molecular weight is 329 g/mol. The van der Waals surface area contributed by atoms with E-state index < -0.39 is 0 Å². The minimum atomic E-state index is 0.119. The van der Waals surface area contributed by atoms with E-state index in [1.807, 2.05) is 47.4 Å². The number of hydrogen-bond acceptors (Lipinski definition) is 3. The van der Waals surface area contributed by atoms with Crippen LogP contribution in [0.3, 0.4) is 0 Å². The van der Waals surface area contributed by atoms with Crippen molar-refractivity contribution >= 4 is 5.91 Å². The molecule has 0 bridgehead atoms. The van der Waals surface area contributed by atoms with Crippen molar-refractivity contribution in [2.45, 2.75) is 32.0 Å². The van der Waals surface area contributed by atoms with Crippen LogP contribution in [-0.2, 0) is 22.6 Å². The molecule has 5 heteroatoms. The molecule has 2 aromatic rings. The smallest absolute Gasteiger partial charge is 0.278 e. The zero-order valence-electron chi connectivity index (χ0n) is 13.9. The molecule has 0 aliphatic carbocycles. The first-order valence-corrected chi connectivity index (χ1v) is 8.58. The molecule has 3 rings (SSSR count). The second-order valence-corrected chi connectivity index (χ2v) is 6.18. The van der Waals surface area contributed by atoms with Crippen LogP contribution in [0, 0.1) is 0 Å². The van der Waals surface area contributed by atoms with Crippen LogP contribution >= 0.6 is 0 Å². The molecule has 0 unspecified atom stereocenters. The van der Waals surface area contributed by atoms with Gasteiger partial charge in [-0.3, -0.25) is 4.79 Å². The van der Waals surface area contributed by atoms with Crippen LogP contribution in [0.25, 0.3) is 0 Å². The first kappa shape index (κ1) is 16.7. The summed E-state index contributed by atoms with van der Waals surface area (Å²) in [5.74, 6) is 0.923. The quantitative estimate of drug-likeness (QED) is 0.799. The third kappa shape index (κ3) is 4.94. The maximum atomic E-state index is 12.7. The monoisotopic (exact) mass is 329 g/mol. The summed E-state index contributed by atoms with van der Waals surface area (Å²) in [5.41, 5.74) is 1.12. The minimum Gasteiger partial charge on any atom is -0.467 e. The lowest BCUT2D eigenvalue weighted by molar-refractivity contribution is -0.650. The molecule has 1 aliphatic heterocycles. The number of nitrogens with two attached hydrogens (primary N) is 1. The SMILES string of the molecule is O=C(C[NH2+]C[C@H]1CCCO1)N(Cc1ccccc1)Cc1ccco1. The molecule has 1 aromatic carbocycles. The van der Waals surface area contributed by atoms with Crippen molar-refractivity contribution in [3.63, 3.8) is 0 Å². The summed E-state index contributed by atoms with van der Waals surface area (Å²) >= 11 is 0. The predicted molar refractivity (Wildman–Crippen MR) is 90.0 cm³/mol. The van der Waals surface area contributed by atoms with Gasteiger partial charge >= 0.3 is 0 Å². The van der Waals surface area contributed by atoms with E-state index in [1.165, 1.54) is 0 Å². The Morgan fingerprint density at radius 2 is 2.04 bits per heavy atom. The largest absolute Gasteiger partial charge is 0.467 e. The predicted octanol–water partition coefficient (Wildman–Crippen LogP) is 1.55. The van der Waals surface area contributed by atoms with Crippen molar-refractivity contribution < 1.29 is 19.3 Å². The maximum absolute atomic E-state index is 12.7. The molecular formula is C19H25N2O3+. The van der Waals surface area contributed by atoms with E-state index in [-0.39, 0.29) is 5.91 Å². The van der Waals surface area contributed by atoms with E-state index >= 15 is 0 Å². The van der Waals surface area contributed by atoms with Gasteiger partial charge in [0, 0.05) is 13.2 Å². The van der Waals surface area contributed by atoms with Crippen molar-refractivity contribution in [1.82, 2.24) is 4.90 Å². The highest BCUT2D eigenvalue weighted by atomic mass is 16.5. The third-order valence-corrected chi connectivity index (χ3v) is 4.27. The van der Waals surface area contributed by atoms with E-state index in [0.717, 1.165) is 37.3 Å². The standard InChI is InChI=1S/C19H24N2O3/c22-19(13-20-12-17-8-4-10-23-17)21(15-18-9-5-11-24-18)14-16-6-2-1-3-7-16/h1-3,5-7,9,11,17,20H,4,8,10,12-15H2/p+1/t17-/m1/s1. The van der Waals surface area contributed by atoms with Crippen molar-refractivity contribution in [2.75, 3.05) is 19.7 Å². The molecule has 2 heterocycles. The molecule has 1 aliphatic rings. The van der Waals surface area contributed by atoms with Gasteiger partial charge in [0.2, 0.25) is 0 Å². The Bertz CT molecular complexity index is 607. The van der Waals surface area contributed by atoms with Crippen molar-refractivity contribution in [1.29, 1.82) is 0 Å². The number of rotatable bonds is 8. The Morgan fingerprint density at radius 1 is 1.17 bits per heavy atom. The lowest BCUT2D eigenvalue weighted by Gasteiger charge is -2.21. The van der Waals surface area contributed by atoms with Crippen LogP contribution in [0.1, 0.15) is 24.2 Å². The van der Waals surface area contributed by atoms with Gasteiger partial charge in [-0.15, -0.1) is 0 Å². The first-order valence-electron chi connectivity index (χ1n) is 8.58. The molecule has 1 saturated heterocycles. The Labute approximate surface area is 142 Å². The summed E-state index contributed by atoms with van der Waals surface area (Å²) in [4.78, 5) is 14.5. The van der Waals surface area contributed by atoms with E-state index in [1.54, 1.807) is 6.26 Å². The minimum absolute atomic E-state index is 0.119. The van der Waals surface area contributed by atoms with Gasteiger partial charge < -0.3 is 19.4 Å². The zero-order valence-corrected chi connectivity index (χ0v) is 13.9. The molecule has 1 amide bonds. The normalized spacial score (nSPS) is 17.1. The average Bonchev–Trinajstić information content (AvgIpc) is 3.29. The van der Waals surface area contributed by atoms with Gasteiger partial charge in [0.25, 0.3) is 5.91 Å². The second kappa shape index (κ2) is 8.66.